The highest BCUT2D eigenvalue weighted by Gasteiger charge is 2.25. The summed E-state index contributed by atoms with van der Waals surface area (Å²) in [5.74, 6) is -1.71. The summed E-state index contributed by atoms with van der Waals surface area (Å²) in [5, 5.41) is 5.47. The fourth-order valence-corrected chi connectivity index (χ4v) is 2.84. The van der Waals surface area contributed by atoms with E-state index in [0.717, 1.165) is 31.0 Å². The van der Waals surface area contributed by atoms with Crippen LogP contribution in [0.25, 0.3) is 0 Å². The summed E-state index contributed by atoms with van der Waals surface area (Å²) in [6.07, 6.45) is 2.15. The van der Waals surface area contributed by atoms with Crippen LogP contribution in [-0.2, 0) is 9.59 Å². The van der Waals surface area contributed by atoms with E-state index in [9.17, 15) is 18.4 Å². The van der Waals surface area contributed by atoms with Gasteiger partial charge in [-0.15, -0.1) is 0 Å². The molecule has 136 valence electrons. The molecule has 0 aromatic heterocycles. The van der Waals surface area contributed by atoms with Gasteiger partial charge in [-0.2, -0.15) is 0 Å². The Morgan fingerprint density at radius 3 is 1.96 bits per heavy atom. The van der Waals surface area contributed by atoms with Gasteiger partial charge >= 0.3 is 0 Å². The third-order valence-corrected chi connectivity index (χ3v) is 4.29. The molecule has 2 aliphatic rings. The third-order valence-electron chi connectivity index (χ3n) is 4.29. The van der Waals surface area contributed by atoms with Gasteiger partial charge in [-0.3, -0.25) is 19.4 Å². The van der Waals surface area contributed by atoms with Crippen molar-refractivity contribution in [2.24, 2.45) is 0 Å². The Bertz CT molecular complexity index is 623. The summed E-state index contributed by atoms with van der Waals surface area (Å²) in [4.78, 5) is 27.8. The molecular formula is C17H22F2N4O2. The van der Waals surface area contributed by atoms with Crippen LogP contribution in [0.4, 0.5) is 14.5 Å². The Balaban J connectivity index is 1.39. The van der Waals surface area contributed by atoms with E-state index in [0.29, 0.717) is 38.8 Å². The maximum absolute atomic E-state index is 13.1. The molecule has 1 saturated heterocycles. The third kappa shape index (κ3) is 5.75. The average molecular weight is 352 g/mol. The number of piperazine rings is 1. The fourth-order valence-electron chi connectivity index (χ4n) is 2.84. The second-order valence-electron chi connectivity index (χ2n) is 6.60. The molecule has 1 aromatic rings. The zero-order valence-electron chi connectivity index (χ0n) is 13.9. The number of carbonyl (C=O) groups is 2. The van der Waals surface area contributed by atoms with Crippen molar-refractivity contribution in [3.63, 3.8) is 0 Å². The van der Waals surface area contributed by atoms with Gasteiger partial charge in [0.05, 0.1) is 13.1 Å². The van der Waals surface area contributed by atoms with Gasteiger partial charge in [-0.05, 0) is 25.0 Å². The lowest BCUT2D eigenvalue weighted by atomic mass is 10.2. The van der Waals surface area contributed by atoms with Crippen molar-refractivity contribution in [2.75, 3.05) is 44.6 Å². The van der Waals surface area contributed by atoms with E-state index in [1.54, 1.807) is 0 Å². The lowest BCUT2D eigenvalue weighted by Crippen LogP contribution is -2.51. The monoisotopic (exact) mass is 352 g/mol. The van der Waals surface area contributed by atoms with Crippen LogP contribution in [0.5, 0.6) is 0 Å². The minimum atomic E-state index is -0.728. The largest absolute Gasteiger partial charge is 0.352 e. The van der Waals surface area contributed by atoms with Crippen molar-refractivity contribution in [3.05, 3.63) is 29.8 Å². The van der Waals surface area contributed by atoms with Crippen molar-refractivity contribution >= 4 is 17.5 Å². The molecule has 1 aliphatic carbocycles. The molecule has 1 aromatic carbocycles. The number of carbonyl (C=O) groups excluding carboxylic acids is 2. The lowest BCUT2D eigenvalue weighted by molar-refractivity contribution is -0.123. The number of nitrogens with zero attached hydrogens (tertiary/aromatic N) is 2. The summed E-state index contributed by atoms with van der Waals surface area (Å²) in [6.45, 7) is 3.29. The van der Waals surface area contributed by atoms with E-state index in [1.807, 2.05) is 4.90 Å². The number of amides is 2. The molecule has 0 atom stereocenters. The summed E-state index contributed by atoms with van der Waals surface area (Å²) in [7, 11) is 0. The fraction of sp³-hybridized carbons (Fsp3) is 0.529. The maximum atomic E-state index is 13.1. The van der Waals surface area contributed by atoms with E-state index in [1.165, 1.54) is 0 Å². The zero-order chi connectivity index (χ0) is 17.8. The first-order valence-electron chi connectivity index (χ1n) is 8.48. The molecule has 0 radical (unpaired) electrons. The molecule has 2 amide bonds. The van der Waals surface area contributed by atoms with E-state index in [2.05, 4.69) is 15.5 Å². The summed E-state index contributed by atoms with van der Waals surface area (Å²) in [6, 6.07) is 3.29. The normalized spacial score (nSPS) is 18.8. The molecule has 3 rings (SSSR count). The number of hydrogen-bond donors (Lipinski definition) is 2. The van der Waals surface area contributed by atoms with Gasteiger partial charge in [-0.25, -0.2) is 8.78 Å². The molecule has 2 fully saturated rings. The Hall–Kier alpha value is -2.06. The Kier molecular flexibility index (Phi) is 5.60. The molecule has 6 nitrogen and oxygen atoms in total. The van der Waals surface area contributed by atoms with Crippen molar-refractivity contribution in [3.8, 4) is 0 Å². The molecule has 1 aliphatic heterocycles. The number of benzene rings is 1. The summed E-state index contributed by atoms with van der Waals surface area (Å²) >= 11 is 0. The van der Waals surface area contributed by atoms with Crippen LogP contribution in [0.15, 0.2) is 18.2 Å². The second kappa shape index (κ2) is 7.88. The molecule has 1 saturated carbocycles. The average Bonchev–Trinajstić information content (AvgIpc) is 3.32. The van der Waals surface area contributed by atoms with E-state index in [-0.39, 0.29) is 24.0 Å². The van der Waals surface area contributed by atoms with Gasteiger partial charge in [0.2, 0.25) is 11.8 Å². The SMILES string of the molecule is O=C(CN1CCN(CC(=O)NC2CC2)CC1)Nc1cc(F)cc(F)c1. The van der Waals surface area contributed by atoms with Crippen LogP contribution in [0.3, 0.4) is 0 Å². The first-order chi connectivity index (χ1) is 12.0. The van der Waals surface area contributed by atoms with Crippen molar-refractivity contribution in [1.29, 1.82) is 0 Å². The number of hydrogen-bond acceptors (Lipinski definition) is 4. The molecule has 0 unspecified atom stereocenters. The van der Waals surface area contributed by atoms with Gasteiger partial charge in [0.25, 0.3) is 0 Å². The van der Waals surface area contributed by atoms with Crippen LogP contribution in [-0.4, -0.2) is 66.9 Å². The molecule has 8 heteroatoms. The predicted molar refractivity (Wildman–Crippen MR) is 89.0 cm³/mol. The van der Waals surface area contributed by atoms with Gasteiger partial charge in [0, 0.05) is 44.0 Å². The molecule has 1 heterocycles. The summed E-state index contributed by atoms with van der Waals surface area (Å²) < 4.78 is 26.3. The lowest BCUT2D eigenvalue weighted by Gasteiger charge is -2.33. The molecule has 25 heavy (non-hydrogen) atoms. The van der Waals surface area contributed by atoms with Crippen molar-refractivity contribution < 1.29 is 18.4 Å². The standard InChI is InChI=1S/C17H22F2N4O2/c18-12-7-13(19)9-15(8-12)21-17(25)11-23-5-3-22(4-6-23)10-16(24)20-14-1-2-14/h7-9,14H,1-6,10-11H2,(H,20,24)(H,21,25). The van der Waals surface area contributed by atoms with Gasteiger partial charge < -0.3 is 10.6 Å². The van der Waals surface area contributed by atoms with Gasteiger partial charge in [-0.1, -0.05) is 0 Å². The van der Waals surface area contributed by atoms with E-state index in [4.69, 9.17) is 0 Å². The van der Waals surface area contributed by atoms with E-state index < -0.39 is 11.6 Å². The zero-order valence-corrected chi connectivity index (χ0v) is 13.9. The smallest absolute Gasteiger partial charge is 0.238 e. The minimum absolute atomic E-state index is 0.0572. The molecule has 0 spiro atoms. The Morgan fingerprint density at radius 1 is 0.920 bits per heavy atom. The topological polar surface area (TPSA) is 64.7 Å². The quantitative estimate of drug-likeness (QED) is 0.795. The number of halogens is 2. The van der Waals surface area contributed by atoms with Crippen molar-refractivity contribution in [2.45, 2.75) is 18.9 Å². The van der Waals surface area contributed by atoms with Gasteiger partial charge in [0.1, 0.15) is 11.6 Å². The summed E-state index contributed by atoms with van der Waals surface area (Å²) in [5.41, 5.74) is 0.109. The number of nitrogens with one attached hydrogen (secondary N) is 2. The van der Waals surface area contributed by atoms with Crippen molar-refractivity contribution in [1.82, 2.24) is 15.1 Å². The van der Waals surface area contributed by atoms with Gasteiger partial charge in [0.15, 0.2) is 0 Å². The highest BCUT2D eigenvalue weighted by Crippen LogP contribution is 2.18. The first kappa shape index (κ1) is 17.8. The highest BCUT2D eigenvalue weighted by atomic mass is 19.1. The predicted octanol–water partition coefficient (Wildman–Crippen LogP) is 0.800. The van der Waals surface area contributed by atoms with Crippen LogP contribution in [0, 0.1) is 11.6 Å². The first-order valence-corrected chi connectivity index (χ1v) is 8.48. The Morgan fingerprint density at radius 2 is 1.44 bits per heavy atom. The molecular weight excluding hydrogens is 330 g/mol. The highest BCUT2D eigenvalue weighted by molar-refractivity contribution is 5.92. The van der Waals surface area contributed by atoms with Crippen LogP contribution in [0.2, 0.25) is 0 Å². The molecule has 0 bridgehead atoms. The number of rotatable bonds is 6. The van der Waals surface area contributed by atoms with Crippen LogP contribution < -0.4 is 10.6 Å². The second-order valence-corrected chi connectivity index (χ2v) is 6.60. The number of anilines is 1. The van der Waals surface area contributed by atoms with Crippen LogP contribution in [0.1, 0.15) is 12.8 Å². The minimum Gasteiger partial charge on any atom is -0.352 e. The van der Waals surface area contributed by atoms with E-state index >= 15 is 0 Å². The van der Waals surface area contributed by atoms with Crippen LogP contribution >= 0.6 is 0 Å². The maximum Gasteiger partial charge on any atom is 0.238 e. The molecule has 2 N–H and O–H groups in total. The Labute approximate surface area is 145 Å².